The molecule has 0 amide bonds. The average Bonchev–Trinajstić information content (AvgIpc) is 2.46. The number of hydrogen-bond acceptors (Lipinski definition) is 4. The highest BCUT2D eigenvalue weighted by Gasteiger charge is 2.13. The van der Waals surface area contributed by atoms with E-state index in [-0.39, 0.29) is 0 Å². The quantitative estimate of drug-likeness (QED) is 0.861. The number of para-hydroxylation sites is 1. The fourth-order valence-corrected chi connectivity index (χ4v) is 2.09. The monoisotopic (exact) mass is 285 g/mol. The number of aryl methyl sites for hydroxylation is 2. The molecule has 1 heterocycles. The Kier molecular flexibility index (Phi) is 5.14. The van der Waals surface area contributed by atoms with Gasteiger partial charge in [-0.2, -0.15) is 4.98 Å². The van der Waals surface area contributed by atoms with Gasteiger partial charge >= 0.3 is 0 Å². The van der Waals surface area contributed by atoms with E-state index in [1.54, 1.807) is 0 Å². The van der Waals surface area contributed by atoms with Crippen LogP contribution >= 0.6 is 0 Å². The number of nitrogens with zero attached hydrogens (tertiary/aromatic N) is 2. The number of nitrogens with one attached hydrogen (secondary N) is 1. The van der Waals surface area contributed by atoms with Gasteiger partial charge < -0.3 is 10.1 Å². The van der Waals surface area contributed by atoms with Gasteiger partial charge in [0.2, 0.25) is 5.88 Å². The van der Waals surface area contributed by atoms with Gasteiger partial charge in [0.25, 0.3) is 0 Å². The Morgan fingerprint density at radius 2 is 1.86 bits per heavy atom. The lowest BCUT2D eigenvalue weighted by Crippen LogP contribution is -2.08. The first-order valence-corrected chi connectivity index (χ1v) is 7.50. The average molecular weight is 285 g/mol. The van der Waals surface area contributed by atoms with Crippen molar-refractivity contribution >= 4 is 5.82 Å². The van der Waals surface area contributed by atoms with E-state index in [1.807, 2.05) is 38.1 Å². The summed E-state index contributed by atoms with van der Waals surface area (Å²) in [6, 6.07) is 7.96. The molecule has 2 aromatic rings. The van der Waals surface area contributed by atoms with Crippen LogP contribution in [0.1, 0.15) is 37.2 Å². The molecule has 0 unspecified atom stereocenters. The molecule has 0 radical (unpaired) electrons. The lowest BCUT2D eigenvalue weighted by Gasteiger charge is -2.14. The van der Waals surface area contributed by atoms with E-state index < -0.39 is 0 Å². The Balaban J connectivity index is 2.39. The first kappa shape index (κ1) is 15.3. The molecule has 4 nitrogen and oxygen atoms in total. The number of benzene rings is 1. The van der Waals surface area contributed by atoms with E-state index in [1.165, 1.54) is 0 Å². The second-order valence-corrected chi connectivity index (χ2v) is 5.07. The molecule has 4 heteroatoms. The summed E-state index contributed by atoms with van der Waals surface area (Å²) in [5.74, 6) is 3.16. The number of ether oxygens (including phenoxy) is 1. The lowest BCUT2D eigenvalue weighted by atomic mass is 10.2. The molecule has 0 spiro atoms. The van der Waals surface area contributed by atoms with Crippen LogP contribution < -0.4 is 10.1 Å². The maximum Gasteiger partial charge on any atom is 0.227 e. The predicted octanol–water partition coefficient (Wildman–Crippen LogP) is 4.27. The van der Waals surface area contributed by atoms with E-state index in [9.17, 15) is 0 Å². The maximum absolute atomic E-state index is 6.02. The van der Waals surface area contributed by atoms with Gasteiger partial charge in [-0.3, -0.25) is 0 Å². The van der Waals surface area contributed by atoms with Gasteiger partial charge in [-0.05, 0) is 38.8 Å². The van der Waals surface area contributed by atoms with Gasteiger partial charge in [-0.15, -0.1) is 0 Å². The molecule has 0 aliphatic heterocycles. The molecule has 1 aromatic carbocycles. The molecule has 2 rings (SSSR count). The van der Waals surface area contributed by atoms with Gasteiger partial charge in [0.15, 0.2) is 0 Å². The molecule has 0 saturated carbocycles. The topological polar surface area (TPSA) is 47.0 Å². The normalized spacial score (nSPS) is 10.5. The third kappa shape index (κ3) is 3.72. The third-order valence-electron chi connectivity index (χ3n) is 3.27. The summed E-state index contributed by atoms with van der Waals surface area (Å²) in [6.07, 6.45) is 1.86. The van der Waals surface area contributed by atoms with Crippen molar-refractivity contribution in [3.05, 3.63) is 41.2 Å². The van der Waals surface area contributed by atoms with E-state index in [0.717, 1.165) is 47.9 Å². The highest BCUT2D eigenvalue weighted by molar-refractivity contribution is 5.50. The first-order chi connectivity index (χ1) is 10.2. The zero-order valence-corrected chi connectivity index (χ0v) is 13.2. The van der Waals surface area contributed by atoms with Gasteiger partial charge in [0.05, 0.1) is 5.56 Å². The van der Waals surface area contributed by atoms with Gasteiger partial charge in [0.1, 0.15) is 17.4 Å². The molecule has 0 saturated heterocycles. The van der Waals surface area contributed by atoms with Crippen molar-refractivity contribution < 1.29 is 4.74 Å². The summed E-state index contributed by atoms with van der Waals surface area (Å²) < 4.78 is 6.02. The summed E-state index contributed by atoms with van der Waals surface area (Å²) >= 11 is 0. The third-order valence-corrected chi connectivity index (χ3v) is 3.27. The van der Waals surface area contributed by atoms with Crippen molar-refractivity contribution in [1.29, 1.82) is 0 Å². The first-order valence-electron chi connectivity index (χ1n) is 7.50. The second-order valence-electron chi connectivity index (χ2n) is 5.07. The molecule has 112 valence electrons. The van der Waals surface area contributed by atoms with Gasteiger partial charge in [-0.25, -0.2) is 4.98 Å². The van der Waals surface area contributed by atoms with E-state index in [2.05, 4.69) is 29.1 Å². The van der Waals surface area contributed by atoms with Crippen molar-refractivity contribution in [2.45, 2.75) is 40.5 Å². The Labute approximate surface area is 126 Å². The Bertz CT molecular complexity index is 611. The highest BCUT2D eigenvalue weighted by atomic mass is 16.5. The van der Waals surface area contributed by atoms with E-state index >= 15 is 0 Å². The summed E-state index contributed by atoms with van der Waals surface area (Å²) in [6.45, 7) is 9.03. The Hall–Kier alpha value is -2.10. The van der Waals surface area contributed by atoms with Crippen molar-refractivity contribution in [1.82, 2.24) is 9.97 Å². The van der Waals surface area contributed by atoms with Crippen molar-refractivity contribution in [2.24, 2.45) is 0 Å². The largest absolute Gasteiger partial charge is 0.438 e. The summed E-state index contributed by atoms with van der Waals surface area (Å²) in [5.41, 5.74) is 2.04. The van der Waals surface area contributed by atoms with Crippen LogP contribution in [0.2, 0.25) is 0 Å². The van der Waals surface area contributed by atoms with Crippen molar-refractivity contribution in [3.63, 3.8) is 0 Å². The van der Waals surface area contributed by atoms with Crippen LogP contribution in [0.4, 0.5) is 5.82 Å². The molecule has 0 aliphatic rings. The van der Waals surface area contributed by atoms with Crippen LogP contribution in [0.15, 0.2) is 24.3 Å². The zero-order chi connectivity index (χ0) is 15.2. The molecule has 1 aromatic heterocycles. The fraction of sp³-hybridized carbons (Fsp3) is 0.412. The summed E-state index contributed by atoms with van der Waals surface area (Å²) in [7, 11) is 0. The van der Waals surface area contributed by atoms with Crippen molar-refractivity contribution in [3.8, 4) is 11.6 Å². The van der Waals surface area contributed by atoms with E-state index in [0.29, 0.717) is 5.88 Å². The number of anilines is 1. The number of rotatable bonds is 6. The molecule has 0 fully saturated rings. The molecule has 0 bridgehead atoms. The van der Waals surface area contributed by atoms with Crippen LogP contribution in [0, 0.1) is 13.8 Å². The molecular formula is C17H23N3O. The lowest BCUT2D eigenvalue weighted by molar-refractivity contribution is 0.451. The minimum absolute atomic E-state index is 0.638. The fourth-order valence-electron chi connectivity index (χ4n) is 2.09. The second kappa shape index (κ2) is 7.07. The molecule has 0 atom stereocenters. The van der Waals surface area contributed by atoms with Gasteiger partial charge in [0, 0.05) is 13.0 Å². The van der Waals surface area contributed by atoms with Crippen LogP contribution in [0.5, 0.6) is 11.6 Å². The maximum atomic E-state index is 6.02. The summed E-state index contributed by atoms with van der Waals surface area (Å²) in [4.78, 5) is 9.14. The number of aromatic nitrogens is 2. The Morgan fingerprint density at radius 3 is 2.52 bits per heavy atom. The molecular weight excluding hydrogens is 262 g/mol. The number of hydrogen-bond donors (Lipinski definition) is 1. The summed E-state index contributed by atoms with van der Waals surface area (Å²) in [5, 5.41) is 3.28. The zero-order valence-electron chi connectivity index (χ0n) is 13.2. The van der Waals surface area contributed by atoms with Crippen LogP contribution in [-0.2, 0) is 6.42 Å². The van der Waals surface area contributed by atoms with Gasteiger partial charge in [-0.1, -0.05) is 25.1 Å². The van der Waals surface area contributed by atoms with Crippen LogP contribution in [0.3, 0.4) is 0 Å². The highest BCUT2D eigenvalue weighted by Crippen LogP contribution is 2.29. The Morgan fingerprint density at radius 1 is 1.10 bits per heavy atom. The van der Waals surface area contributed by atoms with Crippen LogP contribution in [0.25, 0.3) is 0 Å². The predicted molar refractivity (Wildman–Crippen MR) is 86.2 cm³/mol. The molecule has 21 heavy (non-hydrogen) atoms. The SMILES string of the molecule is CCCc1nc(NCC)c(C)c(Oc2ccccc2C)n1. The smallest absolute Gasteiger partial charge is 0.227 e. The molecule has 1 N–H and O–H groups in total. The van der Waals surface area contributed by atoms with Crippen molar-refractivity contribution in [2.75, 3.05) is 11.9 Å². The van der Waals surface area contributed by atoms with E-state index in [4.69, 9.17) is 4.74 Å². The minimum Gasteiger partial charge on any atom is -0.438 e. The standard InChI is InChI=1S/C17H23N3O/c1-5-9-15-19-16(18-6-2)13(4)17(20-15)21-14-11-8-7-10-12(14)3/h7-8,10-11H,5-6,9H2,1-4H3,(H,18,19,20). The minimum atomic E-state index is 0.638. The molecule has 0 aliphatic carbocycles. The van der Waals surface area contributed by atoms with Crippen LogP contribution in [-0.4, -0.2) is 16.5 Å².